The Morgan fingerprint density at radius 1 is 1.45 bits per heavy atom. The molecule has 0 spiro atoms. The Hall–Kier alpha value is -2.40. The van der Waals surface area contributed by atoms with Crippen LogP contribution in [0, 0.1) is 24.1 Å². The molecule has 0 saturated heterocycles. The molecule has 0 aliphatic carbocycles. The zero-order valence-electron chi connectivity index (χ0n) is 10.5. The van der Waals surface area contributed by atoms with Crippen molar-refractivity contribution in [3.05, 3.63) is 42.0 Å². The molecule has 0 aliphatic rings. The molecule has 0 unspecified atom stereocenters. The van der Waals surface area contributed by atoms with Crippen LogP contribution in [0.25, 0.3) is 0 Å². The SMILES string of the molecule is Cc1cc(F)cc(S(=O)(=O)Nc2cnn(CC#N)c2)c1. The topological polar surface area (TPSA) is 87.8 Å². The number of aromatic nitrogens is 2. The number of aryl methyl sites for hydroxylation is 1. The third-order valence-corrected chi connectivity index (χ3v) is 3.80. The van der Waals surface area contributed by atoms with Crippen LogP contribution in [-0.2, 0) is 16.6 Å². The van der Waals surface area contributed by atoms with Crippen LogP contribution in [0.1, 0.15) is 5.56 Å². The van der Waals surface area contributed by atoms with E-state index in [0.717, 1.165) is 6.07 Å². The van der Waals surface area contributed by atoms with Gasteiger partial charge in [-0.05, 0) is 30.7 Å². The van der Waals surface area contributed by atoms with Gasteiger partial charge in [0.15, 0.2) is 0 Å². The van der Waals surface area contributed by atoms with E-state index in [1.807, 2.05) is 6.07 Å². The first-order valence-corrected chi connectivity index (χ1v) is 7.08. The van der Waals surface area contributed by atoms with Crippen LogP contribution >= 0.6 is 0 Å². The maximum absolute atomic E-state index is 13.3. The normalized spacial score (nSPS) is 11.1. The molecule has 0 atom stereocenters. The molecular weight excluding hydrogens is 283 g/mol. The van der Waals surface area contributed by atoms with E-state index in [1.165, 1.54) is 29.2 Å². The number of hydrogen-bond donors (Lipinski definition) is 1. The Bertz CT molecular complexity index is 757. The summed E-state index contributed by atoms with van der Waals surface area (Å²) >= 11 is 0. The molecule has 1 aromatic heterocycles. The smallest absolute Gasteiger partial charge is 0.262 e. The highest BCUT2D eigenvalue weighted by Gasteiger charge is 2.16. The lowest BCUT2D eigenvalue weighted by molar-refractivity contribution is 0.594. The summed E-state index contributed by atoms with van der Waals surface area (Å²) in [6.45, 7) is 1.62. The Kier molecular flexibility index (Phi) is 3.72. The van der Waals surface area contributed by atoms with Gasteiger partial charge in [-0.1, -0.05) is 0 Å². The van der Waals surface area contributed by atoms with E-state index >= 15 is 0 Å². The van der Waals surface area contributed by atoms with Gasteiger partial charge < -0.3 is 0 Å². The number of rotatable bonds is 4. The minimum Gasteiger partial charge on any atom is -0.276 e. The monoisotopic (exact) mass is 294 g/mol. The van der Waals surface area contributed by atoms with Gasteiger partial charge in [0.2, 0.25) is 0 Å². The van der Waals surface area contributed by atoms with Crippen molar-refractivity contribution >= 4 is 15.7 Å². The summed E-state index contributed by atoms with van der Waals surface area (Å²) in [5.74, 6) is -0.620. The minimum atomic E-state index is -3.89. The van der Waals surface area contributed by atoms with Gasteiger partial charge in [-0.3, -0.25) is 9.40 Å². The summed E-state index contributed by atoms with van der Waals surface area (Å²) in [5.41, 5.74) is 0.715. The average Bonchev–Trinajstić information content (AvgIpc) is 2.75. The van der Waals surface area contributed by atoms with Crippen molar-refractivity contribution in [3.63, 3.8) is 0 Å². The second kappa shape index (κ2) is 5.30. The van der Waals surface area contributed by atoms with Crippen LogP contribution in [-0.4, -0.2) is 18.2 Å². The second-order valence-corrected chi connectivity index (χ2v) is 5.84. The summed E-state index contributed by atoms with van der Waals surface area (Å²) in [6, 6.07) is 5.43. The fourth-order valence-electron chi connectivity index (χ4n) is 1.65. The molecule has 6 nitrogen and oxygen atoms in total. The van der Waals surface area contributed by atoms with Crippen molar-refractivity contribution in [2.45, 2.75) is 18.4 Å². The predicted octanol–water partition coefficient (Wildman–Crippen LogP) is 1.66. The van der Waals surface area contributed by atoms with Crippen molar-refractivity contribution < 1.29 is 12.8 Å². The first-order valence-electron chi connectivity index (χ1n) is 5.60. The molecule has 8 heteroatoms. The molecule has 20 heavy (non-hydrogen) atoms. The first kappa shape index (κ1) is 14.0. The number of sulfonamides is 1. The Labute approximate surface area is 115 Å². The number of halogens is 1. The fourth-order valence-corrected chi connectivity index (χ4v) is 2.79. The van der Waals surface area contributed by atoms with Gasteiger partial charge >= 0.3 is 0 Å². The van der Waals surface area contributed by atoms with Crippen LogP contribution in [0.3, 0.4) is 0 Å². The molecule has 0 fully saturated rings. The van der Waals surface area contributed by atoms with Crippen molar-refractivity contribution in [1.82, 2.24) is 9.78 Å². The molecule has 2 rings (SSSR count). The molecule has 0 radical (unpaired) electrons. The van der Waals surface area contributed by atoms with Crippen molar-refractivity contribution in [2.24, 2.45) is 0 Å². The molecule has 0 aliphatic heterocycles. The zero-order chi connectivity index (χ0) is 14.8. The minimum absolute atomic E-state index is 0.0147. The van der Waals surface area contributed by atoms with Gasteiger partial charge in [0.05, 0.1) is 29.0 Å². The van der Waals surface area contributed by atoms with Gasteiger partial charge in [0.1, 0.15) is 12.4 Å². The van der Waals surface area contributed by atoms with E-state index in [2.05, 4.69) is 9.82 Å². The molecule has 1 N–H and O–H groups in total. The number of benzene rings is 1. The van der Waals surface area contributed by atoms with Crippen LogP contribution < -0.4 is 4.72 Å². The summed E-state index contributed by atoms with van der Waals surface area (Å²) in [6.07, 6.45) is 2.66. The summed E-state index contributed by atoms with van der Waals surface area (Å²) in [4.78, 5) is -0.164. The Balaban J connectivity index is 2.28. The Morgan fingerprint density at radius 2 is 2.20 bits per heavy atom. The third kappa shape index (κ3) is 3.13. The quantitative estimate of drug-likeness (QED) is 0.928. The van der Waals surface area contributed by atoms with E-state index in [1.54, 1.807) is 6.92 Å². The molecule has 0 saturated carbocycles. The lowest BCUT2D eigenvalue weighted by atomic mass is 10.2. The Morgan fingerprint density at radius 3 is 2.85 bits per heavy atom. The van der Waals surface area contributed by atoms with E-state index in [9.17, 15) is 12.8 Å². The summed E-state index contributed by atoms with van der Waals surface area (Å²) in [7, 11) is -3.89. The predicted molar refractivity (Wildman–Crippen MR) is 69.8 cm³/mol. The van der Waals surface area contributed by atoms with E-state index in [4.69, 9.17) is 5.26 Å². The number of nitrogens with one attached hydrogen (secondary N) is 1. The van der Waals surface area contributed by atoms with Crippen LogP contribution in [0.4, 0.5) is 10.1 Å². The highest BCUT2D eigenvalue weighted by atomic mass is 32.2. The highest BCUT2D eigenvalue weighted by Crippen LogP contribution is 2.18. The largest absolute Gasteiger partial charge is 0.276 e. The number of nitriles is 1. The van der Waals surface area contributed by atoms with Gasteiger partial charge in [-0.25, -0.2) is 12.8 Å². The molecule has 1 heterocycles. The number of nitrogens with zero attached hydrogens (tertiary/aromatic N) is 3. The average molecular weight is 294 g/mol. The standard InChI is InChI=1S/C12H11FN4O2S/c1-9-4-10(13)6-12(5-9)20(18,19)16-11-7-15-17(8-11)3-2-14/h4-8,16H,3H2,1H3. The maximum atomic E-state index is 13.3. The molecule has 104 valence electrons. The van der Waals surface area contributed by atoms with E-state index < -0.39 is 15.8 Å². The van der Waals surface area contributed by atoms with Gasteiger partial charge in [-0.15, -0.1) is 0 Å². The zero-order valence-corrected chi connectivity index (χ0v) is 11.4. The van der Waals surface area contributed by atoms with E-state index in [-0.39, 0.29) is 17.1 Å². The van der Waals surface area contributed by atoms with Gasteiger partial charge in [0, 0.05) is 0 Å². The maximum Gasteiger partial charge on any atom is 0.262 e. The van der Waals surface area contributed by atoms with Gasteiger partial charge in [-0.2, -0.15) is 10.4 Å². The van der Waals surface area contributed by atoms with Crippen LogP contribution in [0.2, 0.25) is 0 Å². The molecular formula is C12H11FN4O2S. The van der Waals surface area contributed by atoms with Crippen molar-refractivity contribution in [3.8, 4) is 6.07 Å². The molecule has 2 aromatic rings. The van der Waals surface area contributed by atoms with Gasteiger partial charge in [0.25, 0.3) is 10.0 Å². The molecule has 0 amide bonds. The molecule has 0 bridgehead atoms. The lowest BCUT2D eigenvalue weighted by Gasteiger charge is -2.06. The van der Waals surface area contributed by atoms with E-state index in [0.29, 0.717) is 5.56 Å². The third-order valence-electron chi connectivity index (χ3n) is 2.44. The number of hydrogen-bond acceptors (Lipinski definition) is 4. The fraction of sp³-hybridized carbons (Fsp3) is 0.167. The first-order chi connectivity index (χ1) is 9.40. The van der Waals surface area contributed by atoms with Crippen molar-refractivity contribution in [1.29, 1.82) is 5.26 Å². The van der Waals surface area contributed by atoms with Crippen LogP contribution in [0.15, 0.2) is 35.5 Å². The van der Waals surface area contributed by atoms with Crippen molar-refractivity contribution in [2.75, 3.05) is 4.72 Å². The molecule has 1 aromatic carbocycles. The summed E-state index contributed by atoms with van der Waals surface area (Å²) in [5, 5.41) is 12.3. The van der Waals surface area contributed by atoms with Crippen LogP contribution in [0.5, 0.6) is 0 Å². The lowest BCUT2D eigenvalue weighted by Crippen LogP contribution is -2.13. The second-order valence-electron chi connectivity index (χ2n) is 4.15. The highest BCUT2D eigenvalue weighted by molar-refractivity contribution is 7.92. The number of anilines is 1. The summed E-state index contributed by atoms with van der Waals surface area (Å²) < 4.78 is 41.0.